The number of hydrogen-bond donors (Lipinski definition) is 1. The molecule has 0 unspecified atom stereocenters. The number of halogens is 1. The number of aryl methyl sites for hydroxylation is 1. The molecule has 4 aromatic rings. The molecule has 6 heteroatoms. The van der Waals surface area contributed by atoms with Crippen LogP contribution in [0.15, 0.2) is 60.7 Å². The Morgan fingerprint density at radius 1 is 1.11 bits per heavy atom. The summed E-state index contributed by atoms with van der Waals surface area (Å²) in [5.74, 6) is -1.29. The number of rotatable bonds is 3. The fraction of sp³-hybridized carbons (Fsp3) is 0.0455. The number of hydrogen-bond acceptors (Lipinski definition) is 4. The third-order valence-corrected chi connectivity index (χ3v) is 5.34. The lowest BCUT2D eigenvalue weighted by molar-refractivity contribution is 0.102. The van der Waals surface area contributed by atoms with E-state index in [1.165, 1.54) is 17.7 Å². The Morgan fingerprint density at radius 2 is 1.89 bits per heavy atom. The molecule has 0 bridgehead atoms. The number of carbonyl (C=O) groups excluding carboxylic acids is 1. The molecule has 0 saturated heterocycles. The van der Waals surface area contributed by atoms with E-state index in [-0.39, 0.29) is 11.1 Å². The van der Waals surface area contributed by atoms with Crippen LogP contribution in [0.3, 0.4) is 0 Å². The lowest BCUT2D eigenvalue weighted by Gasteiger charge is -2.07. The van der Waals surface area contributed by atoms with Gasteiger partial charge in [0.15, 0.2) is 0 Å². The van der Waals surface area contributed by atoms with Crippen LogP contribution in [0, 0.1) is 24.1 Å². The van der Waals surface area contributed by atoms with Crippen molar-refractivity contribution in [3.05, 3.63) is 83.2 Å². The molecular weight excluding hydrogens is 373 g/mol. The summed E-state index contributed by atoms with van der Waals surface area (Å²) in [4.78, 5) is 16.9. The number of anilines is 1. The second-order valence-corrected chi connectivity index (χ2v) is 7.36. The maximum absolute atomic E-state index is 14.0. The Bertz CT molecular complexity index is 1240. The van der Waals surface area contributed by atoms with Gasteiger partial charge >= 0.3 is 0 Å². The Morgan fingerprint density at radius 3 is 2.61 bits per heavy atom. The first kappa shape index (κ1) is 17.8. The van der Waals surface area contributed by atoms with Gasteiger partial charge in [0.25, 0.3) is 5.91 Å². The SMILES string of the molecule is Cc1ccc2nc(-c3ccc(NC(=O)c4ccc(C#N)cc4F)cc3)sc2c1. The van der Waals surface area contributed by atoms with Gasteiger partial charge in [0.05, 0.1) is 27.4 Å². The van der Waals surface area contributed by atoms with Crippen LogP contribution in [0.4, 0.5) is 10.1 Å². The summed E-state index contributed by atoms with van der Waals surface area (Å²) < 4.78 is 15.1. The van der Waals surface area contributed by atoms with Crippen molar-refractivity contribution in [2.24, 2.45) is 0 Å². The predicted molar refractivity (Wildman–Crippen MR) is 109 cm³/mol. The fourth-order valence-corrected chi connectivity index (χ4v) is 3.89. The van der Waals surface area contributed by atoms with E-state index in [4.69, 9.17) is 5.26 Å². The van der Waals surface area contributed by atoms with Crippen LogP contribution in [0.25, 0.3) is 20.8 Å². The summed E-state index contributed by atoms with van der Waals surface area (Å²) in [6.45, 7) is 2.05. The number of thiazole rings is 1. The Balaban J connectivity index is 1.54. The quantitative estimate of drug-likeness (QED) is 0.502. The van der Waals surface area contributed by atoms with Gasteiger partial charge in [0, 0.05) is 11.3 Å². The number of fused-ring (bicyclic) bond motifs is 1. The predicted octanol–water partition coefficient (Wildman–Crippen LogP) is 5.53. The van der Waals surface area contributed by atoms with E-state index >= 15 is 0 Å². The van der Waals surface area contributed by atoms with Gasteiger partial charge in [-0.25, -0.2) is 9.37 Å². The summed E-state index contributed by atoms with van der Waals surface area (Å²) in [5, 5.41) is 12.4. The van der Waals surface area contributed by atoms with Crippen LogP contribution < -0.4 is 5.32 Å². The normalized spacial score (nSPS) is 10.6. The molecule has 3 aromatic carbocycles. The molecule has 0 aliphatic heterocycles. The maximum Gasteiger partial charge on any atom is 0.258 e. The Labute approximate surface area is 164 Å². The molecule has 0 radical (unpaired) electrons. The summed E-state index contributed by atoms with van der Waals surface area (Å²) in [6.07, 6.45) is 0. The highest BCUT2D eigenvalue weighted by molar-refractivity contribution is 7.21. The van der Waals surface area contributed by atoms with Crippen molar-refractivity contribution in [1.82, 2.24) is 4.98 Å². The lowest BCUT2D eigenvalue weighted by Crippen LogP contribution is -2.13. The van der Waals surface area contributed by atoms with Crippen LogP contribution in [0.5, 0.6) is 0 Å². The van der Waals surface area contributed by atoms with E-state index in [9.17, 15) is 9.18 Å². The summed E-state index contributed by atoms with van der Waals surface area (Å²) >= 11 is 1.61. The zero-order valence-corrected chi connectivity index (χ0v) is 15.7. The van der Waals surface area contributed by atoms with Gasteiger partial charge in [-0.1, -0.05) is 6.07 Å². The maximum atomic E-state index is 14.0. The highest BCUT2D eigenvalue weighted by Gasteiger charge is 2.13. The first-order valence-corrected chi connectivity index (χ1v) is 9.34. The van der Waals surface area contributed by atoms with Gasteiger partial charge < -0.3 is 5.32 Å². The third kappa shape index (κ3) is 3.48. The number of nitrogens with one attached hydrogen (secondary N) is 1. The molecule has 0 saturated carbocycles. The molecule has 1 amide bonds. The molecule has 0 spiro atoms. The number of aromatic nitrogens is 1. The summed E-state index contributed by atoms with van der Waals surface area (Å²) in [5.41, 5.74) is 3.71. The van der Waals surface area contributed by atoms with Crippen molar-refractivity contribution in [2.45, 2.75) is 6.92 Å². The van der Waals surface area contributed by atoms with Crippen molar-refractivity contribution >= 4 is 33.1 Å². The lowest BCUT2D eigenvalue weighted by atomic mass is 10.1. The number of nitrogens with zero attached hydrogens (tertiary/aromatic N) is 2. The third-order valence-electron chi connectivity index (χ3n) is 4.28. The number of carbonyl (C=O) groups is 1. The van der Waals surface area contributed by atoms with Crippen molar-refractivity contribution in [3.8, 4) is 16.6 Å². The minimum Gasteiger partial charge on any atom is -0.322 e. The Hall–Kier alpha value is -3.56. The average molecular weight is 387 g/mol. The van der Waals surface area contributed by atoms with Crippen LogP contribution in [0.1, 0.15) is 21.5 Å². The van der Waals surface area contributed by atoms with E-state index in [1.807, 2.05) is 37.3 Å². The molecule has 28 heavy (non-hydrogen) atoms. The molecule has 4 rings (SSSR count). The van der Waals surface area contributed by atoms with Crippen LogP contribution >= 0.6 is 11.3 Å². The molecule has 1 heterocycles. The molecule has 1 N–H and O–H groups in total. The van der Waals surface area contributed by atoms with E-state index in [0.717, 1.165) is 26.9 Å². The van der Waals surface area contributed by atoms with Crippen LogP contribution in [-0.2, 0) is 0 Å². The van der Waals surface area contributed by atoms with Gasteiger partial charge in [0.1, 0.15) is 10.8 Å². The molecule has 0 fully saturated rings. The first-order valence-electron chi connectivity index (χ1n) is 8.52. The van der Waals surface area contributed by atoms with E-state index in [1.54, 1.807) is 23.5 Å². The zero-order valence-electron chi connectivity index (χ0n) is 14.9. The highest BCUT2D eigenvalue weighted by atomic mass is 32.1. The van der Waals surface area contributed by atoms with Crippen molar-refractivity contribution in [3.63, 3.8) is 0 Å². The van der Waals surface area contributed by atoms with Gasteiger partial charge in [-0.15, -0.1) is 11.3 Å². The molecule has 0 aliphatic rings. The smallest absolute Gasteiger partial charge is 0.258 e. The minimum atomic E-state index is -0.724. The highest BCUT2D eigenvalue weighted by Crippen LogP contribution is 2.31. The number of amides is 1. The van der Waals surface area contributed by atoms with E-state index in [2.05, 4.69) is 16.4 Å². The summed E-state index contributed by atoms with van der Waals surface area (Å²) in [6, 6.07) is 19.0. The largest absolute Gasteiger partial charge is 0.322 e. The van der Waals surface area contributed by atoms with E-state index < -0.39 is 11.7 Å². The number of benzene rings is 3. The van der Waals surface area contributed by atoms with Crippen molar-refractivity contribution in [2.75, 3.05) is 5.32 Å². The topological polar surface area (TPSA) is 65.8 Å². The second-order valence-electron chi connectivity index (χ2n) is 6.33. The van der Waals surface area contributed by atoms with Crippen LogP contribution in [0.2, 0.25) is 0 Å². The van der Waals surface area contributed by atoms with Gasteiger partial charge in [-0.2, -0.15) is 5.26 Å². The zero-order chi connectivity index (χ0) is 19.7. The van der Waals surface area contributed by atoms with Gasteiger partial charge in [-0.3, -0.25) is 4.79 Å². The van der Waals surface area contributed by atoms with Gasteiger partial charge in [-0.05, 0) is 67.1 Å². The van der Waals surface area contributed by atoms with Gasteiger partial charge in [0.2, 0.25) is 0 Å². The fourth-order valence-electron chi connectivity index (χ4n) is 2.82. The standard InChI is InChI=1S/C22H14FN3OS/c1-13-2-9-19-20(10-13)28-22(26-19)15-4-6-16(7-5-15)25-21(27)17-8-3-14(12-24)11-18(17)23/h2-11H,1H3,(H,25,27). The van der Waals surface area contributed by atoms with Crippen molar-refractivity contribution < 1.29 is 9.18 Å². The van der Waals surface area contributed by atoms with Crippen molar-refractivity contribution in [1.29, 1.82) is 5.26 Å². The molecule has 0 aliphatic carbocycles. The van der Waals surface area contributed by atoms with Crippen LogP contribution in [-0.4, -0.2) is 10.9 Å². The molecular formula is C22H14FN3OS. The molecule has 4 nitrogen and oxygen atoms in total. The van der Waals surface area contributed by atoms with E-state index in [0.29, 0.717) is 5.69 Å². The monoisotopic (exact) mass is 387 g/mol. The number of nitriles is 1. The minimum absolute atomic E-state index is 0.107. The Kier molecular flexibility index (Phi) is 4.60. The average Bonchev–Trinajstić information content (AvgIpc) is 3.11. The second kappa shape index (κ2) is 7.22. The molecule has 1 aromatic heterocycles. The molecule has 0 atom stereocenters. The summed E-state index contributed by atoms with van der Waals surface area (Å²) in [7, 11) is 0. The first-order chi connectivity index (χ1) is 13.5. The molecule has 136 valence electrons.